The summed E-state index contributed by atoms with van der Waals surface area (Å²) in [7, 11) is 3.34. The maximum atomic E-state index is 6.31. The lowest BCUT2D eigenvalue weighted by atomic mass is 10.3. The minimum Gasteiger partial charge on any atom is -0.490 e. The van der Waals surface area contributed by atoms with Crippen molar-refractivity contribution in [3.63, 3.8) is 0 Å². The van der Waals surface area contributed by atoms with E-state index in [0.717, 1.165) is 5.52 Å². The summed E-state index contributed by atoms with van der Waals surface area (Å²) in [5.74, 6) is 1.91. The van der Waals surface area contributed by atoms with E-state index in [1.54, 1.807) is 31.1 Å². The molecule has 132 valence electrons. The van der Waals surface area contributed by atoms with Crippen molar-refractivity contribution in [2.45, 2.75) is 0 Å². The summed E-state index contributed by atoms with van der Waals surface area (Å²) in [6, 6.07) is 3.68. The molecule has 3 N–H and O–H groups in total. The summed E-state index contributed by atoms with van der Waals surface area (Å²) in [6.07, 6.45) is 4.84. The predicted molar refractivity (Wildman–Crippen MR) is 95.8 cm³/mol. The second-order valence-electron chi connectivity index (χ2n) is 5.09. The summed E-state index contributed by atoms with van der Waals surface area (Å²) in [4.78, 5) is 4.07. The van der Waals surface area contributed by atoms with Gasteiger partial charge in [-0.25, -0.2) is 9.50 Å². The number of halogens is 1. The largest absolute Gasteiger partial charge is 0.490 e. The van der Waals surface area contributed by atoms with Crippen LogP contribution >= 0.6 is 11.6 Å². The molecular weight excluding hydrogens is 346 g/mol. The van der Waals surface area contributed by atoms with Gasteiger partial charge in [-0.3, -0.25) is 0 Å². The smallest absolute Gasteiger partial charge is 0.173 e. The second kappa shape index (κ2) is 7.45. The van der Waals surface area contributed by atoms with Crippen LogP contribution in [0.15, 0.2) is 30.7 Å². The van der Waals surface area contributed by atoms with Crippen molar-refractivity contribution >= 4 is 28.6 Å². The summed E-state index contributed by atoms with van der Waals surface area (Å²) < 4.78 is 18.1. The lowest BCUT2D eigenvalue weighted by Crippen LogP contribution is -2.04. The molecule has 3 aromatic heterocycles. The van der Waals surface area contributed by atoms with Gasteiger partial charge >= 0.3 is 0 Å². The Morgan fingerprint density at radius 2 is 2.08 bits per heavy atom. The Labute approximate surface area is 149 Å². The topological polar surface area (TPSA) is 95.9 Å². The molecule has 0 aliphatic heterocycles. The molecule has 0 fully saturated rings. The van der Waals surface area contributed by atoms with E-state index >= 15 is 0 Å². The highest BCUT2D eigenvalue weighted by Crippen LogP contribution is 2.38. The monoisotopic (exact) mass is 363 g/mol. The molecule has 8 nitrogen and oxygen atoms in total. The number of anilines is 2. The van der Waals surface area contributed by atoms with E-state index < -0.39 is 0 Å². The summed E-state index contributed by atoms with van der Waals surface area (Å²) in [5, 5.41) is 7.53. The van der Waals surface area contributed by atoms with Crippen LogP contribution in [0.25, 0.3) is 5.52 Å². The summed E-state index contributed by atoms with van der Waals surface area (Å²) in [6.45, 7) is 0.980. The van der Waals surface area contributed by atoms with Gasteiger partial charge in [-0.15, -0.1) is 0 Å². The Morgan fingerprint density at radius 3 is 2.84 bits per heavy atom. The molecule has 0 spiro atoms. The molecule has 0 saturated carbocycles. The number of nitrogens with two attached hydrogens (primary N) is 1. The number of hydrogen-bond acceptors (Lipinski definition) is 7. The highest BCUT2D eigenvalue weighted by Gasteiger charge is 2.14. The molecule has 0 aromatic carbocycles. The number of aromatic nitrogens is 3. The first-order valence-corrected chi connectivity index (χ1v) is 7.90. The third-order valence-electron chi connectivity index (χ3n) is 3.49. The number of fused-ring (bicyclic) bond motifs is 1. The van der Waals surface area contributed by atoms with Crippen molar-refractivity contribution in [3.8, 4) is 17.2 Å². The molecule has 0 aliphatic rings. The van der Waals surface area contributed by atoms with Crippen molar-refractivity contribution in [1.82, 2.24) is 14.6 Å². The van der Waals surface area contributed by atoms with Crippen molar-refractivity contribution < 1.29 is 14.2 Å². The standard InChI is InChI=1S/C16H18ClN5O3/c1-19-15-14(17)13(7-20-16(15)18)25-12-8-21-22-9-10(3-4-11(12)22)24-6-5-23-2/h3-4,7-9,19H,5-6H2,1-2H3,(H2,18,20). The van der Waals surface area contributed by atoms with Crippen LogP contribution in [0.2, 0.25) is 5.02 Å². The Hall–Kier alpha value is -2.71. The van der Waals surface area contributed by atoms with E-state index in [1.807, 2.05) is 12.1 Å². The molecule has 0 radical (unpaired) electrons. The van der Waals surface area contributed by atoms with Gasteiger partial charge < -0.3 is 25.3 Å². The van der Waals surface area contributed by atoms with Gasteiger partial charge in [0.25, 0.3) is 0 Å². The zero-order chi connectivity index (χ0) is 17.8. The molecule has 0 bridgehead atoms. The van der Waals surface area contributed by atoms with E-state index in [2.05, 4.69) is 15.4 Å². The minimum atomic E-state index is 0.303. The quantitative estimate of drug-likeness (QED) is 0.623. The highest BCUT2D eigenvalue weighted by molar-refractivity contribution is 6.35. The van der Waals surface area contributed by atoms with E-state index in [4.69, 9.17) is 31.5 Å². The fourth-order valence-electron chi connectivity index (χ4n) is 2.26. The molecular formula is C16H18ClN5O3. The predicted octanol–water partition coefficient (Wildman–Crippen LogP) is 2.82. The van der Waals surface area contributed by atoms with Crippen molar-refractivity contribution in [2.75, 3.05) is 38.4 Å². The van der Waals surface area contributed by atoms with Gasteiger partial charge in [0.1, 0.15) is 28.7 Å². The number of hydrogen-bond donors (Lipinski definition) is 2. The van der Waals surface area contributed by atoms with Gasteiger partial charge in [-0.1, -0.05) is 11.6 Å². The third kappa shape index (κ3) is 3.54. The van der Waals surface area contributed by atoms with E-state index in [1.165, 1.54) is 6.20 Å². The highest BCUT2D eigenvalue weighted by atomic mass is 35.5. The number of methoxy groups -OCH3 is 1. The fraction of sp³-hybridized carbons (Fsp3) is 0.250. The zero-order valence-corrected chi connectivity index (χ0v) is 14.6. The van der Waals surface area contributed by atoms with Gasteiger partial charge in [0.2, 0.25) is 0 Å². The third-order valence-corrected chi connectivity index (χ3v) is 3.87. The van der Waals surface area contributed by atoms with Crippen LogP contribution in [0.3, 0.4) is 0 Å². The number of rotatable bonds is 7. The molecule has 0 atom stereocenters. The maximum absolute atomic E-state index is 6.31. The number of nitrogens with one attached hydrogen (secondary N) is 1. The van der Waals surface area contributed by atoms with Crippen molar-refractivity contribution in [1.29, 1.82) is 0 Å². The van der Waals surface area contributed by atoms with Crippen LogP contribution in [0.5, 0.6) is 17.2 Å². The molecule has 0 aliphatic carbocycles. The van der Waals surface area contributed by atoms with Gasteiger partial charge in [0.05, 0.1) is 30.9 Å². The van der Waals surface area contributed by atoms with Crippen LogP contribution in [-0.4, -0.2) is 42.0 Å². The lowest BCUT2D eigenvalue weighted by Gasteiger charge is -2.11. The first-order chi connectivity index (χ1) is 12.1. The molecule has 25 heavy (non-hydrogen) atoms. The molecule has 0 unspecified atom stereocenters. The van der Waals surface area contributed by atoms with Crippen LogP contribution in [0.1, 0.15) is 0 Å². The summed E-state index contributed by atoms with van der Waals surface area (Å²) >= 11 is 6.31. The number of nitrogen functional groups attached to an aromatic ring is 1. The SMILES string of the molecule is CNc1c(N)ncc(Oc2cnn3cc(OCCOC)ccc23)c1Cl. The Kier molecular flexibility index (Phi) is 5.11. The van der Waals surface area contributed by atoms with Gasteiger partial charge in [-0.05, 0) is 12.1 Å². The average Bonchev–Trinajstić information content (AvgIpc) is 3.00. The average molecular weight is 364 g/mol. The van der Waals surface area contributed by atoms with E-state index in [0.29, 0.717) is 47.0 Å². The second-order valence-corrected chi connectivity index (χ2v) is 5.47. The van der Waals surface area contributed by atoms with E-state index in [9.17, 15) is 0 Å². The van der Waals surface area contributed by atoms with Crippen LogP contribution in [0, 0.1) is 0 Å². The van der Waals surface area contributed by atoms with Crippen molar-refractivity contribution in [3.05, 3.63) is 35.7 Å². The molecule has 9 heteroatoms. The summed E-state index contributed by atoms with van der Waals surface area (Å²) in [5.41, 5.74) is 7.06. The number of nitrogens with zero attached hydrogens (tertiary/aromatic N) is 3. The van der Waals surface area contributed by atoms with E-state index in [-0.39, 0.29) is 0 Å². The lowest BCUT2D eigenvalue weighted by molar-refractivity contribution is 0.146. The van der Waals surface area contributed by atoms with Crippen LogP contribution in [-0.2, 0) is 4.74 Å². The Balaban J connectivity index is 1.85. The van der Waals surface area contributed by atoms with Crippen molar-refractivity contribution in [2.24, 2.45) is 0 Å². The fourth-order valence-corrected chi connectivity index (χ4v) is 2.54. The molecule has 3 rings (SSSR count). The van der Waals surface area contributed by atoms with Gasteiger partial charge in [-0.2, -0.15) is 5.10 Å². The first kappa shape index (κ1) is 17.1. The van der Waals surface area contributed by atoms with Crippen LogP contribution in [0.4, 0.5) is 11.5 Å². The first-order valence-electron chi connectivity index (χ1n) is 7.52. The van der Waals surface area contributed by atoms with Gasteiger partial charge in [0, 0.05) is 14.2 Å². The normalized spacial score (nSPS) is 10.8. The van der Waals surface area contributed by atoms with Crippen LogP contribution < -0.4 is 20.5 Å². The molecule has 3 aromatic rings. The maximum Gasteiger partial charge on any atom is 0.173 e. The molecule has 0 amide bonds. The van der Waals surface area contributed by atoms with Gasteiger partial charge in [0.15, 0.2) is 11.5 Å². The number of pyridine rings is 2. The Bertz CT molecular complexity index is 884. The zero-order valence-electron chi connectivity index (χ0n) is 13.8. The minimum absolute atomic E-state index is 0.303. The Morgan fingerprint density at radius 1 is 1.24 bits per heavy atom. The molecule has 3 heterocycles. The molecule has 0 saturated heterocycles. The number of ether oxygens (including phenoxy) is 3.